The summed E-state index contributed by atoms with van der Waals surface area (Å²) in [6, 6.07) is 6.44. The van der Waals surface area contributed by atoms with Gasteiger partial charge in [-0.2, -0.15) is 0 Å². The molecule has 1 heterocycles. The van der Waals surface area contributed by atoms with E-state index in [4.69, 9.17) is 4.74 Å². The SMILES string of the molecule is CCOc1ccc(NCC2CCCN2)cc1CO. The lowest BCUT2D eigenvalue weighted by molar-refractivity contribution is 0.267. The predicted molar refractivity (Wildman–Crippen MR) is 73.0 cm³/mol. The third-order valence-electron chi connectivity index (χ3n) is 3.25. The number of rotatable bonds is 6. The molecule has 0 bridgehead atoms. The summed E-state index contributed by atoms with van der Waals surface area (Å²) >= 11 is 0. The average Bonchev–Trinajstić information content (AvgIpc) is 2.91. The number of hydrogen-bond donors (Lipinski definition) is 3. The van der Waals surface area contributed by atoms with Gasteiger partial charge >= 0.3 is 0 Å². The average molecular weight is 250 g/mol. The molecule has 100 valence electrons. The Bertz CT molecular complexity index is 376. The lowest BCUT2D eigenvalue weighted by Gasteiger charge is -2.15. The first kappa shape index (κ1) is 13.2. The molecule has 1 fully saturated rings. The van der Waals surface area contributed by atoms with Crippen LogP contribution in [0.3, 0.4) is 0 Å². The van der Waals surface area contributed by atoms with Crippen LogP contribution in [0, 0.1) is 0 Å². The molecule has 4 heteroatoms. The first-order valence-electron chi connectivity index (χ1n) is 6.67. The second kappa shape index (κ2) is 6.61. The van der Waals surface area contributed by atoms with Crippen LogP contribution < -0.4 is 15.4 Å². The number of aliphatic hydroxyl groups excluding tert-OH is 1. The summed E-state index contributed by atoms with van der Waals surface area (Å²) in [6.07, 6.45) is 2.49. The van der Waals surface area contributed by atoms with E-state index in [9.17, 15) is 5.11 Å². The van der Waals surface area contributed by atoms with Crippen LogP contribution in [-0.4, -0.2) is 30.8 Å². The third-order valence-corrected chi connectivity index (χ3v) is 3.25. The number of hydrogen-bond acceptors (Lipinski definition) is 4. The molecular formula is C14H22N2O2. The van der Waals surface area contributed by atoms with Gasteiger partial charge in [0.05, 0.1) is 13.2 Å². The summed E-state index contributed by atoms with van der Waals surface area (Å²) in [4.78, 5) is 0. The topological polar surface area (TPSA) is 53.5 Å². The van der Waals surface area contributed by atoms with E-state index in [0.717, 1.165) is 30.1 Å². The van der Waals surface area contributed by atoms with Crippen molar-refractivity contribution in [3.8, 4) is 5.75 Å². The molecule has 0 aliphatic carbocycles. The first-order chi connectivity index (χ1) is 8.83. The smallest absolute Gasteiger partial charge is 0.124 e. The minimum atomic E-state index is 0.00648. The van der Waals surface area contributed by atoms with Crippen LogP contribution in [0.4, 0.5) is 5.69 Å². The Kier molecular flexibility index (Phi) is 4.84. The van der Waals surface area contributed by atoms with Gasteiger partial charge in [0, 0.05) is 23.8 Å². The third kappa shape index (κ3) is 3.37. The van der Waals surface area contributed by atoms with Gasteiger partial charge in [-0.1, -0.05) is 0 Å². The Morgan fingerprint density at radius 2 is 2.39 bits per heavy atom. The van der Waals surface area contributed by atoms with Crippen LogP contribution in [0.1, 0.15) is 25.3 Å². The maximum Gasteiger partial charge on any atom is 0.124 e. The van der Waals surface area contributed by atoms with Crippen LogP contribution in [0.15, 0.2) is 18.2 Å². The van der Waals surface area contributed by atoms with E-state index in [-0.39, 0.29) is 6.61 Å². The Hall–Kier alpha value is -1.26. The van der Waals surface area contributed by atoms with Crippen molar-refractivity contribution in [1.82, 2.24) is 5.32 Å². The Balaban J connectivity index is 1.95. The van der Waals surface area contributed by atoms with Gasteiger partial charge in [0.25, 0.3) is 0 Å². The monoisotopic (exact) mass is 250 g/mol. The van der Waals surface area contributed by atoms with Crippen molar-refractivity contribution in [2.24, 2.45) is 0 Å². The quantitative estimate of drug-likeness (QED) is 0.720. The highest BCUT2D eigenvalue weighted by Gasteiger charge is 2.13. The van der Waals surface area contributed by atoms with Crippen LogP contribution in [-0.2, 0) is 6.61 Å². The van der Waals surface area contributed by atoms with Gasteiger partial charge in [0.1, 0.15) is 5.75 Å². The van der Waals surface area contributed by atoms with Gasteiger partial charge in [0.15, 0.2) is 0 Å². The fourth-order valence-corrected chi connectivity index (χ4v) is 2.28. The summed E-state index contributed by atoms with van der Waals surface area (Å²) in [7, 11) is 0. The zero-order chi connectivity index (χ0) is 12.8. The summed E-state index contributed by atoms with van der Waals surface area (Å²) in [5.74, 6) is 0.768. The zero-order valence-electron chi connectivity index (χ0n) is 10.9. The summed E-state index contributed by atoms with van der Waals surface area (Å²) in [5.41, 5.74) is 1.87. The minimum Gasteiger partial charge on any atom is -0.494 e. The van der Waals surface area contributed by atoms with Crippen molar-refractivity contribution in [3.05, 3.63) is 23.8 Å². The van der Waals surface area contributed by atoms with Crippen LogP contribution in [0.5, 0.6) is 5.75 Å². The number of nitrogens with one attached hydrogen (secondary N) is 2. The maximum absolute atomic E-state index is 9.33. The highest BCUT2D eigenvalue weighted by Crippen LogP contribution is 2.23. The molecule has 18 heavy (non-hydrogen) atoms. The summed E-state index contributed by atoms with van der Waals surface area (Å²) in [5, 5.41) is 16.2. The molecule has 1 atom stereocenters. The van der Waals surface area contributed by atoms with Gasteiger partial charge < -0.3 is 20.5 Å². The number of anilines is 1. The number of aliphatic hydroxyl groups is 1. The molecule has 1 aromatic rings. The van der Waals surface area contributed by atoms with Crippen molar-refractivity contribution in [1.29, 1.82) is 0 Å². The van der Waals surface area contributed by atoms with Gasteiger partial charge in [-0.25, -0.2) is 0 Å². The minimum absolute atomic E-state index is 0.00648. The highest BCUT2D eigenvalue weighted by atomic mass is 16.5. The highest BCUT2D eigenvalue weighted by molar-refractivity contribution is 5.51. The van der Waals surface area contributed by atoms with Crippen molar-refractivity contribution in [2.75, 3.05) is 25.0 Å². The summed E-state index contributed by atoms with van der Waals surface area (Å²) < 4.78 is 5.46. The summed E-state index contributed by atoms with van der Waals surface area (Å²) in [6.45, 7) is 4.62. The largest absolute Gasteiger partial charge is 0.494 e. The van der Waals surface area contributed by atoms with E-state index in [1.165, 1.54) is 12.8 Å². The normalized spacial score (nSPS) is 18.9. The van der Waals surface area contributed by atoms with E-state index < -0.39 is 0 Å². The molecule has 0 aromatic heterocycles. The molecule has 4 nitrogen and oxygen atoms in total. The number of benzene rings is 1. The van der Waals surface area contributed by atoms with Crippen LogP contribution in [0.2, 0.25) is 0 Å². The van der Waals surface area contributed by atoms with Gasteiger partial charge in [-0.05, 0) is 44.5 Å². The van der Waals surface area contributed by atoms with Crippen molar-refractivity contribution >= 4 is 5.69 Å². The molecule has 1 aliphatic rings. The lowest BCUT2D eigenvalue weighted by atomic mass is 10.1. The lowest BCUT2D eigenvalue weighted by Crippen LogP contribution is -2.29. The van der Waals surface area contributed by atoms with E-state index in [1.807, 2.05) is 25.1 Å². The van der Waals surface area contributed by atoms with Crippen LogP contribution in [0.25, 0.3) is 0 Å². The van der Waals surface area contributed by atoms with Crippen molar-refractivity contribution in [3.63, 3.8) is 0 Å². The molecule has 1 saturated heterocycles. The van der Waals surface area contributed by atoms with Crippen LogP contribution >= 0.6 is 0 Å². The molecule has 3 N–H and O–H groups in total. The molecular weight excluding hydrogens is 228 g/mol. The predicted octanol–water partition coefficient (Wildman–Crippen LogP) is 1.74. The molecule has 0 radical (unpaired) electrons. The zero-order valence-corrected chi connectivity index (χ0v) is 10.9. The van der Waals surface area contributed by atoms with E-state index in [2.05, 4.69) is 10.6 Å². The Morgan fingerprint density at radius 3 is 3.06 bits per heavy atom. The second-order valence-corrected chi connectivity index (χ2v) is 4.59. The Labute approximate surface area is 108 Å². The van der Waals surface area contributed by atoms with Crippen molar-refractivity contribution in [2.45, 2.75) is 32.4 Å². The van der Waals surface area contributed by atoms with E-state index in [0.29, 0.717) is 12.6 Å². The molecule has 0 saturated carbocycles. The molecule has 2 rings (SSSR count). The molecule has 1 unspecified atom stereocenters. The standard InChI is InChI=1S/C14H22N2O2/c1-2-18-14-6-5-12(8-11(14)10-17)16-9-13-4-3-7-15-13/h5-6,8,13,15-17H,2-4,7,9-10H2,1H3. The molecule has 0 spiro atoms. The first-order valence-corrected chi connectivity index (χ1v) is 6.67. The molecule has 0 amide bonds. The second-order valence-electron chi connectivity index (χ2n) is 4.59. The Morgan fingerprint density at radius 1 is 1.50 bits per heavy atom. The fraction of sp³-hybridized carbons (Fsp3) is 0.571. The number of ether oxygens (including phenoxy) is 1. The van der Waals surface area contributed by atoms with E-state index >= 15 is 0 Å². The van der Waals surface area contributed by atoms with Crippen molar-refractivity contribution < 1.29 is 9.84 Å². The van der Waals surface area contributed by atoms with E-state index in [1.54, 1.807) is 0 Å². The van der Waals surface area contributed by atoms with Gasteiger partial charge in [0.2, 0.25) is 0 Å². The van der Waals surface area contributed by atoms with Gasteiger partial charge in [-0.3, -0.25) is 0 Å². The maximum atomic E-state index is 9.33. The molecule has 1 aromatic carbocycles. The van der Waals surface area contributed by atoms with Gasteiger partial charge in [-0.15, -0.1) is 0 Å². The molecule has 1 aliphatic heterocycles. The fourth-order valence-electron chi connectivity index (χ4n) is 2.28.